The van der Waals surface area contributed by atoms with Gasteiger partial charge in [-0.15, -0.1) is 0 Å². The van der Waals surface area contributed by atoms with E-state index in [0.29, 0.717) is 5.56 Å². The van der Waals surface area contributed by atoms with Crippen LogP contribution in [0, 0.1) is 0 Å². The van der Waals surface area contributed by atoms with Gasteiger partial charge >= 0.3 is 6.18 Å². The summed E-state index contributed by atoms with van der Waals surface area (Å²) in [7, 11) is 0. The average Bonchev–Trinajstić information content (AvgIpc) is 2.88. The van der Waals surface area contributed by atoms with Crippen molar-refractivity contribution >= 4 is 5.91 Å². The quantitative estimate of drug-likeness (QED) is 0.936. The molecule has 0 fully saturated rings. The first-order valence-electron chi connectivity index (χ1n) is 5.91. The van der Waals surface area contributed by atoms with Crippen molar-refractivity contribution in [3.05, 3.63) is 53.9 Å². The van der Waals surface area contributed by atoms with Gasteiger partial charge in [0.25, 0.3) is 5.91 Å². The van der Waals surface area contributed by atoms with E-state index in [9.17, 15) is 18.0 Å². The van der Waals surface area contributed by atoms with Crippen LogP contribution in [0.3, 0.4) is 0 Å². The smallest absolute Gasteiger partial charge is 0.350 e. The fourth-order valence-electron chi connectivity index (χ4n) is 1.61. The summed E-state index contributed by atoms with van der Waals surface area (Å²) >= 11 is 0. The van der Waals surface area contributed by atoms with E-state index in [1.54, 1.807) is 30.3 Å². The van der Waals surface area contributed by atoms with Crippen molar-refractivity contribution in [1.29, 1.82) is 0 Å². The minimum absolute atomic E-state index is 0.175. The maximum absolute atomic E-state index is 12.3. The highest BCUT2D eigenvalue weighted by Gasteiger charge is 2.33. The van der Waals surface area contributed by atoms with Gasteiger partial charge in [0.15, 0.2) is 5.69 Å². The molecule has 0 aliphatic heterocycles. The lowest BCUT2D eigenvalue weighted by atomic mass is 10.2. The van der Waals surface area contributed by atoms with Crippen LogP contribution >= 0.6 is 0 Å². The number of benzene rings is 1. The minimum Gasteiger partial charge on any atom is -0.350 e. The van der Waals surface area contributed by atoms with Crippen LogP contribution in [-0.4, -0.2) is 22.2 Å². The van der Waals surface area contributed by atoms with Gasteiger partial charge in [0.2, 0.25) is 0 Å². The van der Waals surface area contributed by atoms with Gasteiger partial charge in [-0.25, -0.2) is 0 Å². The highest BCUT2D eigenvalue weighted by atomic mass is 19.4. The van der Waals surface area contributed by atoms with E-state index < -0.39 is 11.9 Å². The third-order valence-corrected chi connectivity index (χ3v) is 2.59. The molecule has 0 radical (unpaired) electrons. The van der Waals surface area contributed by atoms with Crippen LogP contribution in [0.4, 0.5) is 13.2 Å². The van der Waals surface area contributed by atoms with Gasteiger partial charge in [0, 0.05) is 18.3 Å². The molecule has 0 aliphatic carbocycles. The highest BCUT2D eigenvalue weighted by Crippen LogP contribution is 2.27. The summed E-state index contributed by atoms with van der Waals surface area (Å²) in [5, 5.41) is 6.01. The van der Waals surface area contributed by atoms with E-state index in [4.69, 9.17) is 0 Å². The van der Waals surface area contributed by atoms with Crippen LogP contribution in [-0.2, 0) is 12.7 Å². The van der Waals surface area contributed by atoms with E-state index >= 15 is 0 Å². The lowest BCUT2D eigenvalue weighted by molar-refractivity contribution is -0.141. The number of alkyl halides is 3. The van der Waals surface area contributed by atoms with Crippen molar-refractivity contribution < 1.29 is 18.0 Å². The lowest BCUT2D eigenvalue weighted by Gasteiger charge is -2.05. The highest BCUT2D eigenvalue weighted by molar-refractivity contribution is 5.94. The Hall–Kier alpha value is -2.31. The SMILES string of the molecule is O=C(NCCn1ccc(C(F)(F)F)n1)c1ccccc1. The Morgan fingerprint density at radius 3 is 2.50 bits per heavy atom. The Morgan fingerprint density at radius 2 is 1.90 bits per heavy atom. The van der Waals surface area contributed by atoms with E-state index in [1.807, 2.05) is 0 Å². The Kier molecular flexibility index (Phi) is 4.07. The molecule has 0 unspecified atom stereocenters. The van der Waals surface area contributed by atoms with E-state index in [0.717, 1.165) is 10.7 Å². The van der Waals surface area contributed by atoms with E-state index in [1.165, 1.54) is 6.20 Å². The molecule has 0 aliphatic rings. The number of rotatable bonds is 4. The Labute approximate surface area is 113 Å². The van der Waals surface area contributed by atoms with Crippen molar-refractivity contribution in [3.8, 4) is 0 Å². The molecule has 1 heterocycles. The lowest BCUT2D eigenvalue weighted by Crippen LogP contribution is -2.27. The van der Waals surface area contributed by atoms with Crippen molar-refractivity contribution in [3.63, 3.8) is 0 Å². The Bertz CT molecular complexity index is 578. The fourth-order valence-corrected chi connectivity index (χ4v) is 1.61. The van der Waals surface area contributed by atoms with E-state index in [-0.39, 0.29) is 19.0 Å². The van der Waals surface area contributed by atoms with Crippen LogP contribution < -0.4 is 5.32 Å². The molecule has 0 saturated heterocycles. The minimum atomic E-state index is -4.45. The predicted molar refractivity (Wildman–Crippen MR) is 66.0 cm³/mol. The molecule has 1 aromatic heterocycles. The molecule has 1 aromatic carbocycles. The zero-order valence-corrected chi connectivity index (χ0v) is 10.4. The number of hydrogen-bond acceptors (Lipinski definition) is 2. The molecule has 0 bridgehead atoms. The second-order valence-corrected chi connectivity index (χ2v) is 4.08. The van der Waals surface area contributed by atoms with Gasteiger partial charge in [-0.05, 0) is 18.2 Å². The maximum Gasteiger partial charge on any atom is 0.435 e. The topological polar surface area (TPSA) is 46.9 Å². The fraction of sp³-hybridized carbons (Fsp3) is 0.231. The van der Waals surface area contributed by atoms with Gasteiger partial charge in [0.1, 0.15) is 0 Å². The molecule has 2 rings (SSSR count). The second kappa shape index (κ2) is 5.77. The summed E-state index contributed by atoms with van der Waals surface area (Å²) in [5.74, 6) is -0.270. The number of aromatic nitrogens is 2. The van der Waals surface area contributed by atoms with Crippen LogP contribution in [0.2, 0.25) is 0 Å². The first-order chi connectivity index (χ1) is 9.47. The summed E-state index contributed by atoms with van der Waals surface area (Å²) in [6.07, 6.45) is -3.21. The third-order valence-electron chi connectivity index (χ3n) is 2.59. The number of carbonyl (C=O) groups is 1. The normalized spacial score (nSPS) is 11.3. The first-order valence-corrected chi connectivity index (χ1v) is 5.91. The molecule has 4 nitrogen and oxygen atoms in total. The maximum atomic E-state index is 12.3. The van der Waals surface area contributed by atoms with Gasteiger partial charge in [-0.1, -0.05) is 18.2 Å². The van der Waals surface area contributed by atoms with Crippen LogP contribution in [0.25, 0.3) is 0 Å². The molecule has 2 aromatic rings. The van der Waals surface area contributed by atoms with Crippen LogP contribution in [0.15, 0.2) is 42.6 Å². The van der Waals surface area contributed by atoms with Crippen molar-refractivity contribution in [2.24, 2.45) is 0 Å². The number of amides is 1. The molecular formula is C13H12F3N3O. The first kappa shape index (κ1) is 14.1. The molecule has 1 amide bonds. The van der Waals surface area contributed by atoms with Crippen molar-refractivity contribution in [1.82, 2.24) is 15.1 Å². The van der Waals surface area contributed by atoms with Crippen LogP contribution in [0.5, 0.6) is 0 Å². The third kappa shape index (κ3) is 3.59. The summed E-state index contributed by atoms with van der Waals surface area (Å²) in [4.78, 5) is 11.7. The Morgan fingerprint density at radius 1 is 1.20 bits per heavy atom. The molecular weight excluding hydrogens is 271 g/mol. The summed E-state index contributed by atoms with van der Waals surface area (Å²) in [6, 6.07) is 9.48. The monoisotopic (exact) mass is 283 g/mol. The zero-order valence-electron chi connectivity index (χ0n) is 10.4. The zero-order chi connectivity index (χ0) is 14.6. The Balaban J connectivity index is 1.85. The molecule has 20 heavy (non-hydrogen) atoms. The number of carbonyl (C=O) groups excluding carboxylic acids is 1. The largest absolute Gasteiger partial charge is 0.435 e. The number of nitrogens with one attached hydrogen (secondary N) is 1. The molecule has 0 atom stereocenters. The number of hydrogen-bond donors (Lipinski definition) is 1. The molecule has 0 saturated carbocycles. The van der Waals surface area contributed by atoms with Crippen molar-refractivity contribution in [2.75, 3.05) is 6.54 Å². The van der Waals surface area contributed by atoms with Gasteiger partial charge in [-0.3, -0.25) is 9.48 Å². The van der Waals surface area contributed by atoms with E-state index in [2.05, 4.69) is 10.4 Å². The van der Waals surface area contributed by atoms with Gasteiger partial charge in [-0.2, -0.15) is 18.3 Å². The molecule has 0 spiro atoms. The molecule has 7 heteroatoms. The number of nitrogens with zero attached hydrogens (tertiary/aromatic N) is 2. The standard InChI is InChI=1S/C13H12F3N3O/c14-13(15,16)11-6-8-19(18-11)9-7-17-12(20)10-4-2-1-3-5-10/h1-6,8H,7,9H2,(H,17,20). The second-order valence-electron chi connectivity index (χ2n) is 4.08. The van der Waals surface area contributed by atoms with Gasteiger partial charge in [0.05, 0.1) is 6.54 Å². The molecule has 1 N–H and O–H groups in total. The summed E-state index contributed by atoms with van der Waals surface area (Å²) in [5.41, 5.74) is -0.434. The van der Waals surface area contributed by atoms with Gasteiger partial charge < -0.3 is 5.32 Å². The van der Waals surface area contributed by atoms with Crippen molar-refractivity contribution in [2.45, 2.75) is 12.7 Å². The summed E-state index contributed by atoms with van der Waals surface area (Å²) < 4.78 is 38.1. The van der Waals surface area contributed by atoms with Crippen LogP contribution in [0.1, 0.15) is 16.1 Å². The molecule has 106 valence electrons. The predicted octanol–water partition coefficient (Wildman–Crippen LogP) is 2.33. The summed E-state index contributed by atoms with van der Waals surface area (Å²) in [6.45, 7) is 0.376. The average molecular weight is 283 g/mol. The number of halogens is 3.